The number of fused-ring (bicyclic) bond motifs is 1. The summed E-state index contributed by atoms with van der Waals surface area (Å²) in [6.07, 6.45) is 5.69. The van der Waals surface area contributed by atoms with Gasteiger partial charge in [0.1, 0.15) is 5.65 Å². The Hall–Kier alpha value is -2.04. The van der Waals surface area contributed by atoms with Crippen molar-refractivity contribution in [1.82, 2.24) is 20.2 Å². The third-order valence-corrected chi connectivity index (χ3v) is 3.50. The highest BCUT2D eigenvalue weighted by Gasteiger charge is 2.07. The van der Waals surface area contributed by atoms with Crippen LogP contribution in [-0.2, 0) is 13.5 Å². The maximum atomic E-state index is 11.6. The van der Waals surface area contributed by atoms with Crippen LogP contribution < -0.4 is 10.6 Å². The van der Waals surface area contributed by atoms with Gasteiger partial charge in [0.05, 0.1) is 0 Å². The average Bonchev–Trinajstić information content (AvgIpc) is 2.76. The number of hydrogen-bond donors (Lipinski definition) is 2. The van der Waals surface area contributed by atoms with E-state index in [4.69, 9.17) is 0 Å². The van der Waals surface area contributed by atoms with Gasteiger partial charge in [0.15, 0.2) is 0 Å². The summed E-state index contributed by atoms with van der Waals surface area (Å²) in [6.45, 7) is 5.64. The van der Waals surface area contributed by atoms with Gasteiger partial charge in [-0.25, -0.2) is 9.78 Å². The van der Waals surface area contributed by atoms with Crippen molar-refractivity contribution in [3.63, 3.8) is 0 Å². The van der Waals surface area contributed by atoms with E-state index in [1.165, 1.54) is 5.56 Å². The van der Waals surface area contributed by atoms with E-state index in [1.807, 2.05) is 17.7 Å². The summed E-state index contributed by atoms with van der Waals surface area (Å²) in [6, 6.07) is 3.92. The zero-order chi connectivity index (χ0) is 15.2. The van der Waals surface area contributed by atoms with E-state index >= 15 is 0 Å². The number of nitrogens with one attached hydrogen (secondary N) is 2. The first-order valence-electron chi connectivity index (χ1n) is 7.48. The fourth-order valence-electron chi connectivity index (χ4n) is 2.34. The number of carbonyl (C=O) groups excluding carboxylic acids is 1. The number of nitrogens with zero attached hydrogens (tertiary/aromatic N) is 2. The molecule has 2 rings (SSSR count). The average molecular weight is 288 g/mol. The summed E-state index contributed by atoms with van der Waals surface area (Å²) >= 11 is 0. The summed E-state index contributed by atoms with van der Waals surface area (Å²) < 4.78 is 2.02. The number of aryl methyl sites for hydroxylation is 1. The van der Waals surface area contributed by atoms with Gasteiger partial charge in [0, 0.05) is 37.9 Å². The molecule has 114 valence electrons. The first kappa shape index (κ1) is 15.4. The predicted octanol–water partition coefficient (Wildman–Crippen LogP) is 2.46. The molecule has 2 heterocycles. The van der Waals surface area contributed by atoms with Crippen molar-refractivity contribution >= 4 is 17.1 Å². The lowest BCUT2D eigenvalue weighted by Gasteiger charge is -2.08. The van der Waals surface area contributed by atoms with Crippen molar-refractivity contribution in [2.45, 2.75) is 26.7 Å². The Morgan fingerprint density at radius 2 is 2.10 bits per heavy atom. The van der Waals surface area contributed by atoms with Gasteiger partial charge in [-0.15, -0.1) is 0 Å². The van der Waals surface area contributed by atoms with E-state index in [-0.39, 0.29) is 6.03 Å². The van der Waals surface area contributed by atoms with Gasteiger partial charge in [-0.2, -0.15) is 0 Å². The largest absolute Gasteiger partial charge is 0.338 e. The molecule has 0 saturated heterocycles. The minimum atomic E-state index is -0.0889. The second-order valence-electron chi connectivity index (χ2n) is 5.76. The Morgan fingerprint density at radius 3 is 2.86 bits per heavy atom. The van der Waals surface area contributed by atoms with Crippen molar-refractivity contribution in [2.75, 3.05) is 13.1 Å². The van der Waals surface area contributed by atoms with E-state index in [9.17, 15) is 4.79 Å². The molecule has 0 aliphatic heterocycles. The van der Waals surface area contributed by atoms with Gasteiger partial charge >= 0.3 is 6.03 Å². The highest BCUT2D eigenvalue weighted by Crippen LogP contribution is 2.18. The van der Waals surface area contributed by atoms with E-state index in [2.05, 4.69) is 41.7 Å². The molecule has 0 radical (unpaired) electrons. The summed E-state index contributed by atoms with van der Waals surface area (Å²) in [4.78, 5) is 16.0. The van der Waals surface area contributed by atoms with Crippen LogP contribution in [0.25, 0.3) is 11.0 Å². The zero-order valence-corrected chi connectivity index (χ0v) is 13.0. The molecule has 5 nitrogen and oxygen atoms in total. The molecule has 2 amide bonds. The monoisotopic (exact) mass is 288 g/mol. The first-order chi connectivity index (χ1) is 10.1. The standard InChI is InChI=1S/C16H24N4O/c1-12(2)6-9-18-16(21)19-10-7-13-11-20(3)15-14(13)5-4-8-17-15/h4-5,8,11-12H,6-7,9-10H2,1-3H3,(H2,18,19,21). The summed E-state index contributed by atoms with van der Waals surface area (Å²) in [5, 5.41) is 6.93. The van der Waals surface area contributed by atoms with Gasteiger partial charge in [-0.05, 0) is 36.5 Å². The van der Waals surface area contributed by atoms with Gasteiger partial charge < -0.3 is 15.2 Å². The Kier molecular flexibility index (Phi) is 5.20. The van der Waals surface area contributed by atoms with Crippen LogP contribution in [0.2, 0.25) is 0 Å². The van der Waals surface area contributed by atoms with Crippen molar-refractivity contribution in [1.29, 1.82) is 0 Å². The summed E-state index contributed by atoms with van der Waals surface area (Å²) in [7, 11) is 1.99. The molecular weight excluding hydrogens is 264 g/mol. The molecule has 0 aliphatic rings. The minimum absolute atomic E-state index is 0.0889. The molecule has 0 aromatic carbocycles. The number of amides is 2. The number of carbonyl (C=O) groups is 1. The van der Waals surface area contributed by atoms with E-state index < -0.39 is 0 Å². The quantitative estimate of drug-likeness (QED) is 0.858. The van der Waals surface area contributed by atoms with Crippen molar-refractivity contribution < 1.29 is 4.79 Å². The fourth-order valence-corrected chi connectivity index (χ4v) is 2.34. The number of hydrogen-bond acceptors (Lipinski definition) is 2. The molecule has 0 aliphatic carbocycles. The van der Waals surface area contributed by atoms with Crippen LogP contribution in [0.3, 0.4) is 0 Å². The molecule has 0 fully saturated rings. The predicted molar refractivity (Wildman–Crippen MR) is 85.3 cm³/mol. The normalized spacial score (nSPS) is 11.0. The van der Waals surface area contributed by atoms with Crippen LogP contribution in [0.15, 0.2) is 24.5 Å². The van der Waals surface area contributed by atoms with Gasteiger partial charge in [-0.1, -0.05) is 13.8 Å². The maximum absolute atomic E-state index is 11.6. The van der Waals surface area contributed by atoms with Crippen molar-refractivity contribution in [2.24, 2.45) is 13.0 Å². The number of rotatable bonds is 6. The topological polar surface area (TPSA) is 59.0 Å². The van der Waals surface area contributed by atoms with Crippen molar-refractivity contribution in [3.05, 3.63) is 30.1 Å². The second-order valence-corrected chi connectivity index (χ2v) is 5.76. The van der Waals surface area contributed by atoms with E-state index in [1.54, 1.807) is 6.20 Å². The van der Waals surface area contributed by atoms with Crippen LogP contribution in [0, 0.1) is 5.92 Å². The van der Waals surface area contributed by atoms with Crippen LogP contribution in [0.1, 0.15) is 25.8 Å². The molecule has 0 saturated carbocycles. The third-order valence-electron chi connectivity index (χ3n) is 3.50. The maximum Gasteiger partial charge on any atom is 0.314 e. The van der Waals surface area contributed by atoms with E-state index in [0.717, 1.165) is 30.4 Å². The van der Waals surface area contributed by atoms with Crippen LogP contribution >= 0.6 is 0 Å². The molecule has 2 aromatic rings. The Bertz CT molecular complexity index is 603. The van der Waals surface area contributed by atoms with E-state index in [0.29, 0.717) is 12.5 Å². The Balaban J connectivity index is 1.81. The fraction of sp³-hybridized carbons (Fsp3) is 0.500. The Morgan fingerprint density at radius 1 is 1.33 bits per heavy atom. The highest BCUT2D eigenvalue weighted by atomic mass is 16.2. The lowest BCUT2D eigenvalue weighted by molar-refractivity contribution is 0.240. The van der Waals surface area contributed by atoms with Gasteiger partial charge in [0.2, 0.25) is 0 Å². The molecule has 21 heavy (non-hydrogen) atoms. The minimum Gasteiger partial charge on any atom is -0.338 e. The van der Waals surface area contributed by atoms with Gasteiger partial charge in [0.25, 0.3) is 0 Å². The number of aromatic nitrogens is 2. The summed E-state index contributed by atoms with van der Waals surface area (Å²) in [5.74, 6) is 0.605. The number of urea groups is 1. The highest BCUT2D eigenvalue weighted by molar-refractivity contribution is 5.80. The van der Waals surface area contributed by atoms with Crippen LogP contribution in [0.5, 0.6) is 0 Å². The van der Waals surface area contributed by atoms with Crippen LogP contribution in [-0.4, -0.2) is 28.7 Å². The zero-order valence-electron chi connectivity index (χ0n) is 13.0. The lowest BCUT2D eigenvalue weighted by atomic mass is 10.1. The molecule has 0 bridgehead atoms. The molecule has 2 aromatic heterocycles. The second kappa shape index (κ2) is 7.11. The first-order valence-corrected chi connectivity index (χ1v) is 7.48. The smallest absolute Gasteiger partial charge is 0.314 e. The molecule has 2 N–H and O–H groups in total. The van der Waals surface area contributed by atoms with Crippen molar-refractivity contribution in [3.8, 4) is 0 Å². The van der Waals surface area contributed by atoms with Gasteiger partial charge in [-0.3, -0.25) is 0 Å². The molecule has 5 heteroatoms. The third kappa shape index (κ3) is 4.21. The SMILES string of the molecule is CC(C)CCNC(=O)NCCc1cn(C)c2ncccc12. The molecule has 0 spiro atoms. The summed E-state index contributed by atoms with van der Waals surface area (Å²) in [5.41, 5.74) is 2.19. The molecular formula is C16H24N4O. The molecule has 0 atom stereocenters. The molecule has 0 unspecified atom stereocenters. The lowest BCUT2D eigenvalue weighted by Crippen LogP contribution is -2.37. The van der Waals surface area contributed by atoms with Crippen LogP contribution in [0.4, 0.5) is 4.79 Å². The number of pyridine rings is 1. The Labute approximate surface area is 125 Å².